The maximum Gasteiger partial charge on any atom is 0.246 e. The molecular weight excluding hydrogens is 224 g/mol. The predicted octanol–water partition coefficient (Wildman–Crippen LogP) is 2.38. The maximum absolute atomic E-state index is 12.8. The van der Waals surface area contributed by atoms with E-state index in [1.807, 2.05) is 30.3 Å². The molecule has 0 saturated heterocycles. The Labute approximate surface area is 97.7 Å². The SMILES string of the molecule is NCC(c1cn[nH]c1-c1ccccc1)C(F)F. The van der Waals surface area contributed by atoms with E-state index in [4.69, 9.17) is 5.73 Å². The number of hydrogen-bond acceptors (Lipinski definition) is 2. The highest BCUT2D eigenvalue weighted by atomic mass is 19.3. The van der Waals surface area contributed by atoms with E-state index in [2.05, 4.69) is 10.2 Å². The molecule has 1 heterocycles. The second-order valence-corrected chi connectivity index (χ2v) is 3.74. The zero-order chi connectivity index (χ0) is 12.3. The number of aromatic nitrogens is 2. The largest absolute Gasteiger partial charge is 0.330 e. The average molecular weight is 237 g/mol. The third kappa shape index (κ3) is 2.34. The van der Waals surface area contributed by atoms with Crippen molar-refractivity contribution in [3.63, 3.8) is 0 Å². The van der Waals surface area contributed by atoms with E-state index in [1.54, 1.807) is 0 Å². The van der Waals surface area contributed by atoms with Gasteiger partial charge in [0, 0.05) is 12.1 Å². The first-order valence-corrected chi connectivity index (χ1v) is 5.31. The molecule has 0 aliphatic rings. The standard InChI is InChI=1S/C12H13F2N3/c13-12(14)9(6-15)10-7-16-17-11(10)8-4-2-1-3-5-8/h1-5,7,9,12H,6,15H2,(H,16,17). The van der Waals surface area contributed by atoms with Crippen LogP contribution >= 0.6 is 0 Å². The van der Waals surface area contributed by atoms with Crippen LogP contribution in [0.15, 0.2) is 36.5 Å². The zero-order valence-electron chi connectivity index (χ0n) is 9.11. The fourth-order valence-corrected chi connectivity index (χ4v) is 1.78. The summed E-state index contributed by atoms with van der Waals surface area (Å²) in [5.41, 5.74) is 7.30. The molecule has 1 atom stereocenters. The van der Waals surface area contributed by atoms with Gasteiger partial charge >= 0.3 is 0 Å². The van der Waals surface area contributed by atoms with Crippen molar-refractivity contribution in [3.8, 4) is 11.3 Å². The molecule has 3 nitrogen and oxygen atoms in total. The fraction of sp³-hybridized carbons (Fsp3) is 0.250. The molecular formula is C12H13F2N3. The summed E-state index contributed by atoms with van der Waals surface area (Å²) < 4.78 is 25.7. The summed E-state index contributed by atoms with van der Waals surface area (Å²) in [5.74, 6) is -0.982. The van der Waals surface area contributed by atoms with Gasteiger partial charge in [-0.1, -0.05) is 30.3 Å². The highest BCUT2D eigenvalue weighted by molar-refractivity contribution is 5.63. The van der Waals surface area contributed by atoms with Crippen LogP contribution in [0.5, 0.6) is 0 Å². The van der Waals surface area contributed by atoms with E-state index in [0.717, 1.165) is 5.56 Å². The summed E-state index contributed by atoms with van der Waals surface area (Å²) in [4.78, 5) is 0. The van der Waals surface area contributed by atoms with Crippen molar-refractivity contribution >= 4 is 0 Å². The first kappa shape index (κ1) is 11.7. The van der Waals surface area contributed by atoms with Gasteiger partial charge in [0.1, 0.15) is 0 Å². The smallest absolute Gasteiger partial charge is 0.246 e. The number of aromatic amines is 1. The van der Waals surface area contributed by atoms with E-state index in [-0.39, 0.29) is 6.54 Å². The number of nitrogens with one attached hydrogen (secondary N) is 1. The first-order valence-electron chi connectivity index (χ1n) is 5.31. The number of halogens is 2. The Morgan fingerprint density at radius 3 is 2.53 bits per heavy atom. The lowest BCUT2D eigenvalue weighted by molar-refractivity contribution is 0.117. The summed E-state index contributed by atoms with van der Waals surface area (Å²) in [7, 11) is 0. The summed E-state index contributed by atoms with van der Waals surface area (Å²) in [6.45, 7) is -0.100. The van der Waals surface area contributed by atoms with Crippen molar-refractivity contribution in [2.45, 2.75) is 12.3 Å². The van der Waals surface area contributed by atoms with Gasteiger partial charge in [-0.2, -0.15) is 5.10 Å². The molecule has 0 fully saturated rings. The Balaban J connectivity index is 2.41. The van der Waals surface area contributed by atoms with E-state index in [0.29, 0.717) is 11.3 Å². The van der Waals surface area contributed by atoms with Crippen LogP contribution in [0, 0.1) is 0 Å². The van der Waals surface area contributed by atoms with E-state index in [9.17, 15) is 8.78 Å². The van der Waals surface area contributed by atoms with Gasteiger partial charge in [0.05, 0.1) is 17.8 Å². The number of benzene rings is 1. The van der Waals surface area contributed by atoms with Crippen molar-refractivity contribution in [2.75, 3.05) is 6.54 Å². The Morgan fingerprint density at radius 1 is 1.24 bits per heavy atom. The van der Waals surface area contributed by atoms with Gasteiger partial charge < -0.3 is 5.73 Å². The number of nitrogens with two attached hydrogens (primary N) is 1. The third-order valence-electron chi connectivity index (χ3n) is 2.69. The van der Waals surface area contributed by atoms with Gasteiger partial charge in [-0.05, 0) is 5.56 Å². The van der Waals surface area contributed by atoms with Crippen molar-refractivity contribution < 1.29 is 8.78 Å². The molecule has 0 spiro atoms. The molecule has 0 aliphatic heterocycles. The average Bonchev–Trinajstić information content (AvgIpc) is 2.80. The Hall–Kier alpha value is -1.75. The van der Waals surface area contributed by atoms with E-state index >= 15 is 0 Å². The summed E-state index contributed by atoms with van der Waals surface area (Å²) in [5, 5.41) is 6.59. The van der Waals surface area contributed by atoms with Gasteiger partial charge in [0.2, 0.25) is 6.43 Å². The van der Waals surface area contributed by atoms with Crippen LogP contribution in [0.2, 0.25) is 0 Å². The Morgan fingerprint density at radius 2 is 1.94 bits per heavy atom. The zero-order valence-corrected chi connectivity index (χ0v) is 9.11. The number of rotatable bonds is 4. The second-order valence-electron chi connectivity index (χ2n) is 3.74. The lowest BCUT2D eigenvalue weighted by Gasteiger charge is -2.13. The van der Waals surface area contributed by atoms with Gasteiger partial charge in [0.25, 0.3) is 0 Å². The molecule has 2 aromatic rings. The van der Waals surface area contributed by atoms with Gasteiger partial charge in [-0.3, -0.25) is 5.10 Å². The second kappa shape index (κ2) is 5.05. The number of alkyl halides is 2. The molecule has 5 heteroatoms. The normalized spacial score (nSPS) is 12.9. The quantitative estimate of drug-likeness (QED) is 0.857. The predicted molar refractivity (Wildman–Crippen MR) is 61.8 cm³/mol. The maximum atomic E-state index is 12.8. The van der Waals surface area contributed by atoms with E-state index < -0.39 is 12.3 Å². The van der Waals surface area contributed by atoms with Crippen molar-refractivity contribution in [1.29, 1.82) is 0 Å². The first-order chi connectivity index (χ1) is 8.24. The van der Waals surface area contributed by atoms with Crippen LogP contribution in [0.4, 0.5) is 8.78 Å². The number of nitrogens with zero attached hydrogens (tertiary/aromatic N) is 1. The molecule has 0 bridgehead atoms. The van der Waals surface area contributed by atoms with Gasteiger partial charge in [-0.15, -0.1) is 0 Å². The Bertz CT molecular complexity index is 468. The molecule has 0 radical (unpaired) electrons. The van der Waals surface area contributed by atoms with Crippen molar-refractivity contribution in [1.82, 2.24) is 10.2 Å². The van der Waals surface area contributed by atoms with Crippen LogP contribution in [-0.2, 0) is 0 Å². The van der Waals surface area contributed by atoms with Crippen LogP contribution in [0.1, 0.15) is 11.5 Å². The van der Waals surface area contributed by atoms with Gasteiger partial charge in [0.15, 0.2) is 0 Å². The minimum Gasteiger partial charge on any atom is -0.330 e. The molecule has 3 N–H and O–H groups in total. The lowest BCUT2D eigenvalue weighted by Crippen LogP contribution is -2.19. The van der Waals surface area contributed by atoms with Gasteiger partial charge in [-0.25, -0.2) is 8.78 Å². The Kier molecular flexibility index (Phi) is 3.49. The van der Waals surface area contributed by atoms with Crippen molar-refractivity contribution in [3.05, 3.63) is 42.1 Å². The lowest BCUT2D eigenvalue weighted by atomic mass is 9.97. The summed E-state index contributed by atoms with van der Waals surface area (Å²) in [6, 6.07) is 9.25. The minimum atomic E-state index is -2.49. The highest BCUT2D eigenvalue weighted by Crippen LogP contribution is 2.30. The van der Waals surface area contributed by atoms with Crippen LogP contribution in [-0.4, -0.2) is 23.2 Å². The molecule has 0 saturated carbocycles. The molecule has 0 amide bonds. The molecule has 90 valence electrons. The number of H-pyrrole nitrogens is 1. The highest BCUT2D eigenvalue weighted by Gasteiger charge is 2.25. The summed E-state index contributed by atoms with van der Waals surface area (Å²) >= 11 is 0. The molecule has 0 aliphatic carbocycles. The minimum absolute atomic E-state index is 0.100. The monoisotopic (exact) mass is 237 g/mol. The van der Waals surface area contributed by atoms with E-state index in [1.165, 1.54) is 6.20 Å². The topological polar surface area (TPSA) is 54.7 Å². The molecule has 1 aromatic carbocycles. The van der Waals surface area contributed by atoms with Crippen molar-refractivity contribution in [2.24, 2.45) is 5.73 Å². The molecule has 1 unspecified atom stereocenters. The third-order valence-corrected chi connectivity index (χ3v) is 2.69. The molecule has 1 aromatic heterocycles. The summed E-state index contributed by atoms with van der Waals surface area (Å²) in [6.07, 6.45) is -1.06. The molecule has 2 rings (SSSR count). The number of hydrogen-bond donors (Lipinski definition) is 2. The van der Waals surface area contributed by atoms with Crippen LogP contribution in [0.3, 0.4) is 0 Å². The molecule has 17 heavy (non-hydrogen) atoms. The fourth-order valence-electron chi connectivity index (χ4n) is 1.78. The van der Waals surface area contributed by atoms with Crippen LogP contribution in [0.25, 0.3) is 11.3 Å². The van der Waals surface area contributed by atoms with Crippen LogP contribution < -0.4 is 5.73 Å².